The van der Waals surface area contributed by atoms with Gasteiger partial charge in [-0.1, -0.05) is 51.5 Å². The highest BCUT2D eigenvalue weighted by Crippen LogP contribution is 2.48. The molecule has 0 heterocycles. The lowest BCUT2D eigenvalue weighted by Gasteiger charge is -2.46. The topological polar surface area (TPSA) is 52.6 Å². The molecule has 2 rings (SSSR count). The minimum atomic E-state index is -0.535. The first-order chi connectivity index (χ1) is 10.8. The zero-order valence-electron chi connectivity index (χ0n) is 14.6. The van der Waals surface area contributed by atoms with Crippen molar-refractivity contribution in [1.29, 1.82) is 0 Å². The summed E-state index contributed by atoms with van der Waals surface area (Å²) in [5, 5.41) is 0. The number of carbonyl (C=O) groups is 2. The largest absolute Gasteiger partial charge is 0.458 e. The molecular formula is C19H26O4. The third-order valence-electron chi connectivity index (χ3n) is 4.89. The summed E-state index contributed by atoms with van der Waals surface area (Å²) in [6.07, 6.45) is 7.85. The molecule has 0 unspecified atom stereocenters. The molecule has 0 fully saturated rings. The van der Waals surface area contributed by atoms with E-state index in [0.717, 1.165) is 5.57 Å². The van der Waals surface area contributed by atoms with E-state index in [0.29, 0.717) is 12.8 Å². The fraction of sp³-hybridized carbons (Fsp3) is 0.579. The molecule has 0 amide bonds. The second kappa shape index (κ2) is 6.73. The summed E-state index contributed by atoms with van der Waals surface area (Å²) in [4.78, 5) is 23.6. The quantitative estimate of drug-likeness (QED) is 0.741. The van der Waals surface area contributed by atoms with Gasteiger partial charge in [0.15, 0.2) is 6.10 Å². The summed E-state index contributed by atoms with van der Waals surface area (Å²) in [6.45, 7) is 9.77. The molecule has 0 aromatic carbocycles. The molecule has 4 atom stereocenters. The lowest BCUT2D eigenvalue weighted by atomic mass is 9.63. The number of rotatable bonds is 4. The van der Waals surface area contributed by atoms with Gasteiger partial charge in [-0.15, -0.1) is 0 Å². The third kappa shape index (κ3) is 3.41. The van der Waals surface area contributed by atoms with Crippen LogP contribution in [0.2, 0.25) is 0 Å². The predicted octanol–water partition coefficient (Wildman–Crippen LogP) is 3.73. The third-order valence-corrected chi connectivity index (χ3v) is 4.89. The number of esters is 2. The van der Waals surface area contributed by atoms with E-state index in [1.165, 1.54) is 5.57 Å². The molecule has 0 saturated heterocycles. The number of hydrogen-bond acceptors (Lipinski definition) is 4. The minimum absolute atomic E-state index is 0.00700. The Labute approximate surface area is 138 Å². The predicted molar refractivity (Wildman–Crippen MR) is 88.6 cm³/mol. The van der Waals surface area contributed by atoms with Crippen LogP contribution in [0.4, 0.5) is 0 Å². The van der Waals surface area contributed by atoms with Crippen LogP contribution in [0.1, 0.15) is 47.5 Å². The summed E-state index contributed by atoms with van der Waals surface area (Å²) in [5.74, 6) is -0.550. The zero-order valence-corrected chi connectivity index (χ0v) is 14.6. The van der Waals surface area contributed by atoms with Crippen LogP contribution in [0.3, 0.4) is 0 Å². The molecule has 2 aliphatic rings. The van der Waals surface area contributed by atoms with Crippen molar-refractivity contribution in [1.82, 2.24) is 0 Å². The number of hydrogen-bond donors (Lipinski definition) is 0. The maximum atomic E-state index is 11.8. The molecular weight excluding hydrogens is 292 g/mol. The van der Waals surface area contributed by atoms with Crippen molar-refractivity contribution in [2.45, 2.75) is 59.7 Å². The minimum Gasteiger partial charge on any atom is -0.458 e. The second-order valence-electron chi connectivity index (χ2n) is 6.53. The summed E-state index contributed by atoms with van der Waals surface area (Å²) in [6, 6.07) is 0. The lowest BCUT2D eigenvalue weighted by Crippen LogP contribution is -2.49. The maximum absolute atomic E-state index is 11.8. The Morgan fingerprint density at radius 3 is 2.35 bits per heavy atom. The van der Waals surface area contributed by atoms with Gasteiger partial charge in [-0.3, -0.25) is 9.59 Å². The fourth-order valence-corrected chi connectivity index (χ4v) is 3.27. The van der Waals surface area contributed by atoms with E-state index in [2.05, 4.69) is 39.0 Å². The average molecular weight is 318 g/mol. The molecule has 0 aromatic rings. The van der Waals surface area contributed by atoms with Gasteiger partial charge in [0.1, 0.15) is 6.10 Å². The van der Waals surface area contributed by atoms with Gasteiger partial charge < -0.3 is 9.47 Å². The normalized spacial score (nSPS) is 32.5. The average Bonchev–Trinajstić information content (AvgIpc) is 2.52. The van der Waals surface area contributed by atoms with Gasteiger partial charge in [-0.05, 0) is 18.6 Å². The molecule has 2 aliphatic carbocycles. The van der Waals surface area contributed by atoms with Crippen molar-refractivity contribution < 1.29 is 19.1 Å². The molecule has 23 heavy (non-hydrogen) atoms. The molecule has 0 bridgehead atoms. The standard InChI is InChI=1S/C19H26O4/c1-6-16(20)22-15-10-14-9-8-12(3)11-19(14,5)13(4)18(15)23-17(21)7-2/h8-11,13,15,18H,6-7H2,1-5H3/t13-,15-,18+,19+/m0/s1. The van der Waals surface area contributed by atoms with Crippen molar-refractivity contribution in [3.8, 4) is 0 Å². The van der Waals surface area contributed by atoms with Crippen LogP contribution in [0.15, 0.2) is 35.5 Å². The Hall–Kier alpha value is -1.84. The van der Waals surface area contributed by atoms with Crippen molar-refractivity contribution in [3.63, 3.8) is 0 Å². The van der Waals surface area contributed by atoms with E-state index < -0.39 is 12.2 Å². The van der Waals surface area contributed by atoms with Gasteiger partial charge in [0, 0.05) is 24.2 Å². The van der Waals surface area contributed by atoms with Gasteiger partial charge in [0.05, 0.1) is 0 Å². The van der Waals surface area contributed by atoms with Crippen LogP contribution < -0.4 is 0 Å². The highest BCUT2D eigenvalue weighted by Gasteiger charge is 2.47. The Kier molecular flexibility index (Phi) is 5.12. The molecule has 0 saturated carbocycles. The van der Waals surface area contributed by atoms with E-state index in [4.69, 9.17) is 9.47 Å². The number of allylic oxidation sites excluding steroid dienone is 5. The Bertz CT molecular complexity index is 584. The Morgan fingerprint density at radius 2 is 1.74 bits per heavy atom. The van der Waals surface area contributed by atoms with Crippen LogP contribution in [0.25, 0.3) is 0 Å². The van der Waals surface area contributed by atoms with E-state index in [-0.39, 0.29) is 23.3 Å². The van der Waals surface area contributed by atoms with Gasteiger partial charge in [-0.25, -0.2) is 0 Å². The monoisotopic (exact) mass is 318 g/mol. The van der Waals surface area contributed by atoms with Crippen molar-refractivity contribution in [2.75, 3.05) is 0 Å². The van der Waals surface area contributed by atoms with Gasteiger partial charge >= 0.3 is 11.9 Å². The molecule has 0 spiro atoms. The summed E-state index contributed by atoms with van der Waals surface area (Å²) in [7, 11) is 0. The molecule has 0 N–H and O–H groups in total. The molecule has 4 nitrogen and oxygen atoms in total. The molecule has 0 aromatic heterocycles. The van der Waals surface area contributed by atoms with Crippen LogP contribution in [0.5, 0.6) is 0 Å². The zero-order chi connectivity index (χ0) is 17.2. The molecule has 126 valence electrons. The summed E-state index contributed by atoms with van der Waals surface area (Å²) < 4.78 is 11.2. The van der Waals surface area contributed by atoms with Gasteiger partial charge in [0.25, 0.3) is 0 Å². The first kappa shape index (κ1) is 17.5. The van der Waals surface area contributed by atoms with Crippen LogP contribution in [-0.4, -0.2) is 24.1 Å². The number of ether oxygens (including phenoxy) is 2. The highest BCUT2D eigenvalue weighted by atomic mass is 16.6. The molecule has 0 aliphatic heterocycles. The summed E-state index contributed by atoms with van der Waals surface area (Å²) >= 11 is 0. The van der Waals surface area contributed by atoms with Crippen LogP contribution >= 0.6 is 0 Å². The maximum Gasteiger partial charge on any atom is 0.306 e. The van der Waals surface area contributed by atoms with Gasteiger partial charge in [0.2, 0.25) is 0 Å². The van der Waals surface area contributed by atoms with Crippen molar-refractivity contribution in [2.24, 2.45) is 11.3 Å². The van der Waals surface area contributed by atoms with Crippen LogP contribution in [-0.2, 0) is 19.1 Å². The first-order valence-electron chi connectivity index (χ1n) is 8.30. The Morgan fingerprint density at radius 1 is 1.13 bits per heavy atom. The first-order valence-corrected chi connectivity index (χ1v) is 8.30. The van der Waals surface area contributed by atoms with E-state index in [1.54, 1.807) is 13.8 Å². The lowest BCUT2D eigenvalue weighted by molar-refractivity contribution is -0.171. The van der Waals surface area contributed by atoms with E-state index in [1.807, 2.05) is 6.08 Å². The Balaban J connectivity index is 2.40. The SMILES string of the molecule is CCC(=O)O[C@H]1[C@@H](OC(=O)CC)C=C2C=CC(C)=C[C@]2(C)[C@H]1C. The molecule has 4 heteroatoms. The number of fused-ring (bicyclic) bond motifs is 1. The van der Waals surface area contributed by atoms with E-state index >= 15 is 0 Å². The number of carbonyl (C=O) groups excluding carboxylic acids is 2. The van der Waals surface area contributed by atoms with E-state index in [9.17, 15) is 9.59 Å². The van der Waals surface area contributed by atoms with Crippen molar-refractivity contribution in [3.05, 3.63) is 35.5 Å². The summed E-state index contributed by atoms with van der Waals surface area (Å²) in [5.41, 5.74) is 2.06. The van der Waals surface area contributed by atoms with Crippen LogP contribution in [0, 0.1) is 11.3 Å². The smallest absolute Gasteiger partial charge is 0.306 e. The highest BCUT2D eigenvalue weighted by molar-refractivity contribution is 5.70. The molecule has 0 radical (unpaired) electrons. The second-order valence-corrected chi connectivity index (χ2v) is 6.53. The fourth-order valence-electron chi connectivity index (χ4n) is 3.27. The van der Waals surface area contributed by atoms with Crippen molar-refractivity contribution >= 4 is 11.9 Å². The van der Waals surface area contributed by atoms with Gasteiger partial charge in [-0.2, -0.15) is 0 Å².